The van der Waals surface area contributed by atoms with Gasteiger partial charge in [-0.3, -0.25) is 14.3 Å². The molecule has 186 valence electrons. The van der Waals surface area contributed by atoms with Crippen molar-refractivity contribution in [3.63, 3.8) is 0 Å². The molecule has 2 heterocycles. The van der Waals surface area contributed by atoms with E-state index in [-0.39, 0.29) is 30.3 Å². The van der Waals surface area contributed by atoms with Crippen LogP contribution in [-0.4, -0.2) is 43.1 Å². The van der Waals surface area contributed by atoms with Gasteiger partial charge in [-0.15, -0.1) is 0 Å². The normalized spacial score (nSPS) is 12.8. The molecule has 0 spiro atoms. The van der Waals surface area contributed by atoms with Crippen LogP contribution in [0.3, 0.4) is 0 Å². The zero-order chi connectivity index (χ0) is 25.7. The van der Waals surface area contributed by atoms with Crippen molar-refractivity contribution in [3.05, 3.63) is 90.0 Å². The topological polar surface area (TPSA) is 127 Å². The zero-order valence-corrected chi connectivity index (χ0v) is 22.2. The number of aromatic amines is 1. The minimum Gasteiger partial charge on any atom is -0.491 e. The number of rotatable bonds is 9. The van der Waals surface area contributed by atoms with Gasteiger partial charge >= 0.3 is 5.69 Å². The molecule has 2 aromatic heterocycles. The lowest BCUT2D eigenvalue weighted by Gasteiger charge is -2.15. The molecule has 2 aromatic carbocycles. The van der Waals surface area contributed by atoms with Crippen molar-refractivity contribution in [3.8, 4) is 5.75 Å². The van der Waals surface area contributed by atoms with Crippen molar-refractivity contribution >= 4 is 61.3 Å². The molecule has 0 bridgehead atoms. The highest BCUT2D eigenvalue weighted by Crippen LogP contribution is 2.19. The molecule has 0 amide bonds. The van der Waals surface area contributed by atoms with Crippen molar-refractivity contribution in [1.29, 1.82) is 0 Å². The number of hydrogen-bond donors (Lipinski definition) is 3. The number of H-pyrrole nitrogens is 1. The summed E-state index contributed by atoms with van der Waals surface area (Å²) in [7, 11) is 1.50. The Labute approximate surface area is 222 Å². The number of fused-ring (bicyclic) bond motifs is 1. The van der Waals surface area contributed by atoms with Gasteiger partial charge in [0.1, 0.15) is 18.5 Å². The molecule has 36 heavy (non-hydrogen) atoms. The van der Waals surface area contributed by atoms with E-state index in [4.69, 9.17) is 4.74 Å². The van der Waals surface area contributed by atoms with E-state index in [1.807, 2.05) is 48.5 Å². The maximum absolute atomic E-state index is 12.6. The largest absolute Gasteiger partial charge is 0.491 e. The molecule has 0 radical (unpaired) electrons. The number of aromatic nitrogens is 4. The fourth-order valence-corrected chi connectivity index (χ4v) is 4.01. The standard InChI is InChI=1S/C24H22Br2N6O4/c1-31-21-20(22(34)29-24(31)35)32(13-18(33)14-36-19-9-7-16(25)8-10-19)23(28-21)30-27-12-17(26)11-15-5-3-2-4-6-15/h2-12,18,33H,13-14H2,1H3,(H,28,30)(H,29,34,35)/b17-11-,27-12-/t18-/m0/s1. The SMILES string of the molecule is Cn1c(=O)[nH]c(=O)c2c1nc(N/N=C\C(Br)=C\c1ccccc1)n2C[C@H](O)COc1ccc(Br)cc1. The maximum Gasteiger partial charge on any atom is 0.329 e. The first-order valence-electron chi connectivity index (χ1n) is 10.8. The third kappa shape index (κ3) is 6.20. The van der Waals surface area contributed by atoms with Gasteiger partial charge in [-0.1, -0.05) is 46.3 Å². The summed E-state index contributed by atoms with van der Waals surface area (Å²) >= 11 is 6.81. The van der Waals surface area contributed by atoms with Crippen LogP contribution in [0, 0.1) is 0 Å². The molecular weight excluding hydrogens is 596 g/mol. The highest BCUT2D eigenvalue weighted by atomic mass is 79.9. The summed E-state index contributed by atoms with van der Waals surface area (Å²) in [4.78, 5) is 31.4. The number of imidazole rings is 1. The lowest BCUT2D eigenvalue weighted by Crippen LogP contribution is -2.30. The van der Waals surface area contributed by atoms with E-state index >= 15 is 0 Å². The molecule has 0 fully saturated rings. The van der Waals surface area contributed by atoms with Crippen LogP contribution in [0.5, 0.6) is 5.75 Å². The second kappa shape index (κ2) is 11.5. The molecule has 12 heteroatoms. The number of hydrazone groups is 1. The first-order valence-corrected chi connectivity index (χ1v) is 12.4. The Balaban J connectivity index is 1.58. The van der Waals surface area contributed by atoms with Crippen LogP contribution < -0.4 is 21.4 Å². The van der Waals surface area contributed by atoms with E-state index in [0.717, 1.165) is 10.0 Å². The highest BCUT2D eigenvalue weighted by molar-refractivity contribution is 9.12. The Kier molecular flexibility index (Phi) is 8.18. The van der Waals surface area contributed by atoms with E-state index in [9.17, 15) is 14.7 Å². The van der Waals surface area contributed by atoms with Crippen molar-refractivity contribution in [2.24, 2.45) is 12.1 Å². The van der Waals surface area contributed by atoms with E-state index in [2.05, 4.69) is 52.4 Å². The summed E-state index contributed by atoms with van der Waals surface area (Å²) in [6.07, 6.45) is 2.43. The van der Waals surface area contributed by atoms with Crippen molar-refractivity contribution in [2.75, 3.05) is 12.0 Å². The van der Waals surface area contributed by atoms with E-state index in [1.54, 1.807) is 12.1 Å². The lowest BCUT2D eigenvalue weighted by atomic mass is 10.2. The van der Waals surface area contributed by atoms with Crippen LogP contribution in [-0.2, 0) is 13.6 Å². The Morgan fingerprint density at radius 2 is 1.94 bits per heavy atom. The molecule has 0 saturated carbocycles. The predicted molar refractivity (Wildman–Crippen MR) is 147 cm³/mol. The summed E-state index contributed by atoms with van der Waals surface area (Å²) in [5, 5.41) is 14.9. The number of aliphatic hydroxyl groups is 1. The molecule has 10 nitrogen and oxygen atoms in total. The molecule has 0 unspecified atom stereocenters. The number of hydrogen-bond acceptors (Lipinski definition) is 7. The summed E-state index contributed by atoms with van der Waals surface area (Å²) in [5.74, 6) is 0.765. The molecule has 0 aliphatic heterocycles. The van der Waals surface area contributed by atoms with Gasteiger partial charge in [-0.25, -0.2) is 10.2 Å². The fourth-order valence-electron chi connectivity index (χ4n) is 3.38. The average molecular weight is 618 g/mol. The van der Waals surface area contributed by atoms with E-state index < -0.39 is 17.4 Å². The number of aliphatic hydroxyl groups excluding tert-OH is 1. The molecule has 0 aliphatic rings. The van der Waals surface area contributed by atoms with Gasteiger partial charge in [0.05, 0.1) is 12.8 Å². The third-order valence-corrected chi connectivity index (χ3v) is 6.08. The van der Waals surface area contributed by atoms with Crippen LogP contribution in [0.4, 0.5) is 5.95 Å². The maximum atomic E-state index is 12.6. The van der Waals surface area contributed by atoms with Gasteiger partial charge in [0, 0.05) is 16.0 Å². The molecule has 0 aliphatic carbocycles. The number of allylic oxidation sites excluding steroid dienone is 1. The van der Waals surface area contributed by atoms with Crippen LogP contribution >= 0.6 is 31.9 Å². The third-order valence-electron chi connectivity index (χ3n) is 5.11. The van der Waals surface area contributed by atoms with E-state index in [0.29, 0.717) is 10.2 Å². The Hall–Kier alpha value is -3.48. The van der Waals surface area contributed by atoms with Crippen LogP contribution in [0.2, 0.25) is 0 Å². The monoisotopic (exact) mass is 616 g/mol. The molecule has 4 aromatic rings. The van der Waals surface area contributed by atoms with Gasteiger partial charge < -0.3 is 14.4 Å². The van der Waals surface area contributed by atoms with E-state index in [1.165, 1.54) is 22.4 Å². The van der Waals surface area contributed by atoms with Crippen LogP contribution in [0.25, 0.3) is 17.2 Å². The van der Waals surface area contributed by atoms with Gasteiger partial charge in [0.25, 0.3) is 5.56 Å². The molecule has 4 rings (SSSR count). The van der Waals surface area contributed by atoms with Crippen LogP contribution in [0.1, 0.15) is 5.56 Å². The predicted octanol–water partition coefficient (Wildman–Crippen LogP) is 3.46. The fraction of sp³-hybridized carbons (Fsp3) is 0.167. The Bertz CT molecular complexity index is 1520. The number of nitrogens with zero attached hydrogens (tertiary/aromatic N) is 4. The number of benzene rings is 2. The van der Waals surface area contributed by atoms with Gasteiger partial charge in [-0.2, -0.15) is 10.1 Å². The van der Waals surface area contributed by atoms with Crippen molar-refractivity contribution in [1.82, 2.24) is 19.1 Å². The highest BCUT2D eigenvalue weighted by Gasteiger charge is 2.20. The number of halogens is 2. The molecule has 3 N–H and O–H groups in total. The number of ether oxygens (including phenoxy) is 1. The molecule has 1 atom stereocenters. The quantitative estimate of drug-likeness (QED) is 0.195. The Morgan fingerprint density at radius 1 is 1.22 bits per heavy atom. The minimum absolute atomic E-state index is 0.0287. The second-order valence-electron chi connectivity index (χ2n) is 7.77. The molecule has 0 saturated heterocycles. The zero-order valence-electron chi connectivity index (χ0n) is 19.1. The summed E-state index contributed by atoms with van der Waals surface area (Å²) in [6.45, 7) is -0.0633. The van der Waals surface area contributed by atoms with Crippen molar-refractivity contribution < 1.29 is 9.84 Å². The number of anilines is 1. The first kappa shape index (κ1) is 25.6. The van der Waals surface area contributed by atoms with Crippen molar-refractivity contribution in [2.45, 2.75) is 12.6 Å². The summed E-state index contributed by atoms with van der Waals surface area (Å²) in [6, 6.07) is 16.9. The summed E-state index contributed by atoms with van der Waals surface area (Å²) < 4.78 is 9.94. The number of nitrogens with one attached hydrogen (secondary N) is 2. The van der Waals surface area contributed by atoms with Gasteiger partial charge in [0.2, 0.25) is 5.95 Å². The number of aryl methyl sites for hydroxylation is 1. The molecular formula is C24H22Br2N6O4. The van der Waals surface area contributed by atoms with Crippen LogP contribution in [0.15, 0.2) is 78.2 Å². The Morgan fingerprint density at radius 3 is 2.67 bits per heavy atom. The van der Waals surface area contributed by atoms with Gasteiger partial charge in [0.15, 0.2) is 11.2 Å². The second-order valence-corrected chi connectivity index (χ2v) is 9.60. The van der Waals surface area contributed by atoms with Gasteiger partial charge in [-0.05, 0) is 51.8 Å². The smallest absolute Gasteiger partial charge is 0.329 e. The minimum atomic E-state index is -0.989. The lowest BCUT2D eigenvalue weighted by molar-refractivity contribution is 0.0938. The first-order chi connectivity index (χ1) is 17.3. The average Bonchev–Trinajstić information content (AvgIpc) is 3.21. The summed E-state index contributed by atoms with van der Waals surface area (Å²) in [5.41, 5.74) is 2.85.